The molecule has 8 rings (SSSR count). The fourth-order valence-corrected chi connectivity index (χ4v) is 7.07. The molecule has 0 amide bonds. The topological polar surface area (TPSA) is 46.1 Å². The fourth-order valence-electron chi connectivity index (χ4n) is 7.07. The van der Waals surface area contributed by atoms with Crippen molar-refractivity contribution in [3.8, 4) is 33.8 Å². The van der Waals surface area contributed by atoms with E-state index in [1.54, 1.807) is 23.3 Å². The molecule has 8 aromatic carbocycles. The first-order valence-electron chi connectivity index (χ1n) is 20.2. The van der Waals surface area contributed by atoms with Gasteiger partial charge in [0.25, 0.3) is 0 Å². The van der Waals surface area contributed by atoms with Gasteiger partial charge in [0, 0.05) is 0 Å². The Morgan fingerprint density at radius 2 is 0.776 bits per heavy atom. The maximum Gasteiger partial charge on any atom is -0.0398 e. The number of rotatable bonds is 4. The van der Waals surface area contributed by atoms with Crippen molar-refractivity contribution in [1.82, 2.24) is 0 Å². The minimum Gasteiger partial charge on any atom is -0.872 e. The second-order valence-electron chi connectivity index (χ2n) is 15.2. The van der Waals surface area contributed by atoms with Gasteiger partial charge in [-0.3, -0.25) is 0 Å². The van der Waals surface area contributed by atoms with Crippen LogP contribution < -0.4 is 10.2 Å². The van der Waals surface area contributed by atoms with Crippen LogP contribution in [0.1, 0.15) is 58.4 Å². The molecule has 0 fully saturated rings. The van der Waals surface area contributed by atoms with Crippen molar-refractivity contribution in [3.05, 3.63) is 190 Å². The predicted molar refractivity (Wildman–Crippen MR) is 246 cm³/mol. The smallest absolute Gasteiger partial charge is 0.0398 e. The maximum absolute atomic E-state index is 11.1. The molecule has 0 saturated carbocycles. The van der Waals surface area contributed by atoms with E-state index in [1.165, 1.54) is 54.9 Å². The molecule has 58 heavy (non-hydrogen) atoms. The van der Waals surface area contributed by atoms with E-state index < -0.39 is 0 Å². The Bertz CT molecular complexity index is 2320. The molecule has 0 unspecified atom stereocenters. The molecule has 2 nitrogen and oxygen atoms in total. The Morgan fingerprint density at radius 1 is 0.466 bits per heavy atom. The third-order valence-electron chi connectivity index (χ3n) is 9.82. The Morgan fingerprint density at radius 3 is 1.07 bits per heavy atom. The van der Waals surface area contributed by atoms with Crippen molar-refractivity contribution in [2.24, 2.45) is 0 Å². The molecule has 8 aromatic rings. The zero-order chi connectivity index (χ0) is 42.4. The molecule has 0 bridgehead atoms. The normalized spacial score (nSPS) is 10.3. The summed E-state index contributed by atoms with van der Waals surface area (Å²) in [6.45, 7) is 20.4. The zero-order valence-electron chi connectivity index (χ0n) is 36.1. The summed E-state index contributed by atoms with van der Waals surface area (Å²) in [6.07, 6.45) is 2.20. The van der Waals surface area contributed by atoms with Gasteiger partial charge in [-0.25, -0.2) is 0 Å². The number of hydrogen-bond donors (Lipinski definition) is 0. The van der Waals surface area contributed by atoms with E-state index in [-0.39, 0.29) is 16.9 Å². The van der Waals surface area contributed by atoms with Gasteiger partial charge >= 0.3 is 41.9 Å². The number of benzene rings is 6. The summed E-state index contributed by atoms with van der Waals surface area (Å²) >= 11 is 1.74. The summed E-state index contributed by atoms with van der Waals surface area (Å²) in [7, 11) is 0. The molecule has 0 N–H and O–H groups in total. The van der Waals surface area contributed by atoms with Crippen LogP contribution in [0.4, 0.5) is 0 Å². The van der Waals surface area contributed by atoms with E-state index >= 15 is 0 Å². The number of fused-ring (bicyclic) bond motifs is 2. The van der Waals surface area contributed by atoms with Gasteiger partial charge in [0.15, 0.2) is 0 Å². The molecule has 0 saturated heterocycles. The Balaban J connectivity index is 0.000000171. The maximum atomic E-state index is 11.1. The molecule has 0 heterocycles. The molecule has 296 valence electrons. The van der Waals surface area contributed by atoms with E-state index in [9.17, 15) is 10.2 Å². The van der Waals surface area contributed by atoms with Crippen LogP contribution in [0.5, 0.6) is 11.5 Å². The van der Waals surface area contributed by atoms with Gasteiger partial charge < -0.3 is 10.2 Å². The molecule has 0 aliphatic carbocycles. The molecule has 0 aliphatic heterocycles. The Kier molecular flexibility index (Phi) is 17.7. The summed E-state index contributed by atoms with van der Waals surface area (Å²) in [6, 6.07) is 51.2. The van der Waals surface area contributed by atoms with Crippen molar-refractivity contribution < 1.29 is 33.5 Å². The summed E-state index contributed by atoms with van der Waals surface area (Å²) in [4.78, 5) is 0. The first-order chi connectivity index (χ1) is 27.7. The fraction of sp³-hybridized carbons (Fsp3) is 0.222. The molecule has 0 spiro atoms. The first-order valence-corrected chi connectivity index (χ1v) is 26.4. The summed E-state index contributed by atoms with van der Waals surface area (Å²) in [5.41, 5.74) is 14.0. The number of aryl methyl sites for hydroxylation is 8. The van der Waals surface area contributed by atoms with Gasteiger partial charge in [-0.05, 0) is 65.5 Å². The average molecular weight is 858 g/mol. The second-order valence-corrected chi connectivity index (χ2v) is 24.6. The van der Waals surface area contributed by atoms with E-state index in [2.05, 4.69) is 148 Å². The first kappa shape index (κ1) is 45.9. The van der Waals surface area contributed by atoms with Gasteiger partial charge in [0.05, 0.1) is 0 Å². The van der Waals surface area contributed by atoms with Crippen LogP contribution in [0.2, 0.25) is 13.1 Å². The SMILES string of the molecule is CCc1cc2c(-c3ccccc3)cccc2[cH-]1.CCc1cc2c(-c3ccccc3)cccc2[cH-]1.C[Si](C)=[Zr+2].Cc1cc(C)c([O-])c(C)c1.Cc1cc(C)c([O-])c(C)c1. The van der Waals surface area contributed by atoms with E-state index in [1.807, 2.05) is 65.8 Å². The Hall–Kier alpha value is -4.76. The molecule has 0 radical (unpaired) electrons. The van der Waals surface area contributed by atoms with Crippen LogP contribution in [0.25, 0.3) is 43.8 Å². The van der Waals surface area contributed by atoms with E-state index in [0.717, 1.165) is 46.2 Å². The van der Waals surface area contributed by atoms with Crippen molar-refractivity contribution in [2.75, 3.05) is 0 Å². The van der Waals surface area contributed by atoms with Gasteiger partial charge in [-0.2, -0.15) is 12.1 Å². The molecular formula is C54H58O2SiZr-2. The van der Waals surface area contributed by atoms with Crippen LogP contribution in [-0.4, -0.2) is 5.43 Å². The van der Waals surface area contributed by atoms with Gasteiger partial charge in [0.2, 0.25) is 0 Å². The van der Waals surface area contributed by atoms with Gasteiger partial charge in [-0.15, -0.1) is 80.6 Å². The van der Waals surface area contributed by atoms with Crippen LogP contribution in [0.3, 0.4) is 0 Å². The Labute approximate surface area is 363 Å². The van der Waals surface area contributed by atoms with Crippen LogP contribution in [0, 0.1) is 41.5 Å². The van der Waals surface area contributed by atoms with E-state index in [0.29, 0.717) is 0 Å². The molecule has 4 heteroatoms. The van der Waals surface area contributed by atoms with Gasteiger partial charge in [-0.1, -0.05) is 155 Å². The van der Waals surface area contributed by atoms with Crippen molar-refractivity contribution in [3.63, 3.8) is 0 Å². The third kappa shape index (κ3) is 13.1. The second kappa shape index (κ2) is 22.4. The molecule has 0 atom stereocenters. The third-order valence-corrected chi connectivity index (χ3v) is 9.82. The average Bonchev–Trinajstić information content (AvgIpc) is 3.85. The quantitative estimate of drug-likeness (QED) is 0.131. The largest absolute Gasteiger partial charge is 0.872 e. The number of hydrogen-bond acceptors (Lipinski definition) is 2. The van der Waals surface area contributed by atoms with Crippen molar-refractivity contribution in [1.29, 1.82) is 0 Å². The molecular weight excluding hydrogens is 800 g/mol. The standard InChI is InChI=1S/2C17H15.2C9H12O.C2H6Si.Zr/c2*1-2-13-11-15-9-6-10-16(17(15)12-13)14-7-4-3-5-8-14;2*1-6-4-7(2)9(10)8(3)5-6;1-3-2;/h2*3-12H,2H2,1H3;2*4-5,10H,1-3H3;1-2H3;/q2*-1;;;;+2/p-2. The van der Waals surface area contributed by atoms with Crippen LogP contribution >= 0.6 is 0 Å². The monoisotopic (exact) mass is 856 g/mol. The molecule has 0 aromatic heterocycles. The van der Waals surface area contributed by atoms with Gasteiger partial charge in [0.1, 0.15) is 0 Å². The van der Waals surface area contributed by atoms with E-state index in [4.69, 9.17) is 0 Å². The summed E-state index contributed by atoms with van der Waals surface area (Å²) in [5.74, 6) is 0.344. The minimum absolute atomic E-state index is 0.172. The summed E-state index contributed by atoms with van der Waals surface area (Å²) < 4.78 is 0. The van der Waals surface area contributed by atoms with Crippen LogP contribution in [-0.2, 0) is 36.2 Å². The minimum atomic E-state index is 0.172. The van der Waals surface area contributed by atoms with Crippen molar-refractivity contribution in [2.45, 2.75) is 81.3 Å². The summed E-state index contributed by atoms with van der Waals surface area (Å²) in [5, 5.41) is 27.7. The predicted octanol–water partition coefficient (Wildman–Crippen LogP) is 13.7. The zero-order valence-corrected chi connectivity index (χ0v) is 39.5. The van der Waals surface area contributed by atoms with Crippen molar-refractivity contribution >= 4 is 27.0 Å². The molecule has 0 aliphatic rings. The van der Waals surface area contributed by atoms with Crippen LogP contribution in [0.15, 0.2) is 146 Å².